The first-order chi connectivity index (χ1) is 13.1. The number of rotatable bonds is 5. The molecule has 1 fully saturated rings. The van der Waals surface area contributed by atoms with E-state index in [0.29, 0.717) is 12.0 Å². The maximum atomic E-state index is 4.86. The quantitative estimate of drug-likeness (QED) is 0.728. The molecule has 0 saturated carbocycles. The van der Waals surface area contributed by atoms with Crippen LogP contribution < -0.4 is 10.9 Å². The second-order valence-corrected chi connectivity index (χ2v) is 7.81. The molecule has 6 nitrogen and oxygen atoms in total. The van der Waals surface area contributed by atoms with Gasteiger partial charge < -0.3 is 9.13 Å². The van der Waals surface area contributed by atoms with E-state index in [4.69, 9.17) is 4.98 Å². The highest BCUT2D eigenvalue weighted by Gasteiger charge is 2.32. The zero-order valence-electron chi connectivity index (χ0n) is 16.4. The van der Waals surface area contributed by atoms with E-state index in [1.54, 1.807) is 0 Å². The topological polar surface area (TPSA) is 59.7 Å². The normalized spacial score (nSPS) is 21.1. The summed E-state index contributed by atoms with van der Waals surface area (Å²) in [4.78, 5) is 9.51. The van der Waals surface area contributed by atoms with E-state index in [1.807, 2.05) is 24.8 Å². The second kappa shape index (κ2) is 7.29. The minimum atomic E-state index is 0.127. The molecule has 0 amide bonds. The molecule has 4 rings (SSSR count). The Bertz CT molecular complexity index is 895. The number of nitrogens with zero attached hydrogens (tertiary/aromatic N) is 4. The summed E-state index contributed by atoms with van der Waals surface area (Å²) in [6.07, 6.45) is 6.90. The number of hydrazine groups is 1. The van der Waals surface area contributed by atoms with E-state index in [1.165, 1.54) is 5.69 Å². The van der Waals surface area contributed by atoms with Gasteiger partial charge in [0, 0.05) is 31.0 Å². The lowest BCUT2D eigenvalue weighted by Crippen LogP contribution is -2.31. The van der Waals surface area contributed by atoms with Crippen molar-refractivity contribution in [2.75, 3.05) is 0 Å². The lowest BCUT2D eigenvalue weighted by atomic mass is 9.98. The molecule has 0 aliphatic carbocycles. The van der Waals surface area contributed by atoms with Crippen LogP contribution in [0.3, 0.4) is 0 Å². The van der Waals surface area contributed by atoms with Crippen LogP contribution in [0.25, 0.3) is 11.3 Å². The number of aromatic nitrogens is 4. The van der Waals surface area contributed by atoms with E-state index >= 15 is 0 Å². The maximum absolute atomic E-state index is 4.86. The van der Waals surface area contributed by atoms with Crippen LogP contribution in [-0.4, -0.2) is 25.1 Å². The molecule has 27 heavy (non-hydrogen) atoms. The van der Waals surface area contributed by atoms with Gasteiger partial charge in [-0.25, -0.2) is 15.4 Å². The van der Waals surface area contributed by atoms with Gasteiger partial charge in [0.25, 0.3) is 0 Å². The highest BCUT2D eigenvalue weighted by Crippen LogP contribution is 2.36. The van der Waals surface area contributed by atoms with Gasteiger partial charge in [0.2, 0.25) is 0 Å². The van der Waals surface area contributed by atoms with Gasteiger partial charge in [-0.2, -0.15) is 0 Å². The van der Waals surface area contributed by atoms with Crippen LogP contribution in [0.1, 0.15) is 50.8 Å². The van der Waals surface area contributed by atoms with Crippen molar-refractivity contribution in [3.8, 4) is 11.3 Å². The molecule has 0 spiro atoms. The van der Waals surface area contributed by atoms with E-state index in [2.05, 4.69) is 77.1 Å². The molecule has 2 N–H and O–H groups in total. The van der Waals surface area contributed by atoms with E-state index in [9.17, 15) is 0 Å². The van der Waals surface area contributed by atoms with Crippen molar-refractivity contribution in [3.63, 3.8) is 0 Å². The third-order valence-electron chi connectivity index (χ3n) is 5.36. The van der Waals surface area contributed by atoms with Crippen LogP contribution in [-0.2, 0) is 7.05 Å². The molecule has 3 atom stereocenters. The number of benzene rings is 1. The number of imidazole rings is 2. The molecular weight excluding hydrogens is 336 g/mol. The van der Waals surface area contributed by atoms with Crippen molar-refractivity contribution in [2.45, 2.75) is 45.3 Å². The highest BCUT2D eigenvalue weighted by molar-refractivity contribution is 5.62. The summed E-state index contributed by atoms with van der Waals surface area (Å²) in [6.45, 7) is 6.69. The fourth-order valence-corrected chi connectivity index (χ4v) is 4.06. The minimum Gasteiger partial charge on any atom is -0.336 e. The van der Waals surface area contributed by atoms with Gasteiger partial charge in [-0.15, -0.1) is 0 Å². The minimum absolute atomic E-state index is 0.127. The largest absolute Gasteiger partial charge is 0.336 e. The third kappa shape index (κ3) is 3.31. The lowest BCUT2D eigenvalue weighted by Gasteiger charge is -2.26. The van der Waals surface area contributed by atoms with Crippen LogP contribution in [0.2, 0.25) is 0 Å². The van der Waals surface area contributed by atoms with Gasteiger partial charge in [-0.1, -0.05) is 44.2 Å². The van der Waals surface area contributed by atoms with Gasteiger partial charge >= 0.3 is 0 Å². The summed E-state index contributed by atoms with van der Waals surface area (Å²) in [5.74, 6) is 1.44. The summed E-state index contributed by atoms with van der Waals surface area (Å²) < 4.78 is 4.44. The number of nitrogens with one attached hydrogen (secondary N) is 2. The Morgan fingerprint density at radius 3 is 2.48 bits per heavy atom. The summed E-state index contributed by atoms with van der Waals surface area (Å²) in [5, 5.41) is 0. The summed E-state index contributed by atoms with van der Waals surface area (Å²) in [5.41, 5.74) is 10.3. The van der Waals surface area contributed by atoms with E-state index < -0.39 is 0 Å². The molecule has 2 aromatic heterocycles. The highest BCUT2D eigenvalue weighted by atomic mass is 15.4. The van der Waals surface area contributed by atoms with E-state index in [-0.39, 0.29) is 12.1 Å². The van der Waals surface area contributed by atoms with Crippen molar-refractivity contribution in [1.82, 2.24) is 30.0 Å². The fourth-order valence-electron chi connectivity index (χ4n) is 4.06. The Labute approximate surface area is 160 Å². The molecule has 1 aliphatic rings. The fraction of sp³-hybridized carbons (Fsp3) is 0.429. The Hall–Kier alpha value is -2.44. The van der Waals surface area contributed by atoms with Crippen molar-refractivity contribution in [3.05, 3.63) is 60.6 Å². The summed E-state index contributed by atoms with van der Waals surface area (Å²) in [6, 6.07) is 11.2. The van der Waals surface area contributed by atoms with Gasteiger partial charge in [-0.3, -0.25) is 5.43 Å². The molecule has 0 radical (unpaired) electrons. The predicted octanol–water partition coefficient (Wildman–Crippen LogP) is 3.46. The molecule has 1 aromatic carbocycles. The average molecular weight is 364 g/mol. The molecule has 3 unspecified atom stereocenters. The van der Waals surface area contributed by atoms with Gasteiger partial charge in [-0.05, 0) is 19.3 Å². The predicted molar refractivity (Wildman–Crippen MR) is 107 cm³/mol. The number of aryl methyl sites for hydroxylation is 1. The van der Waals surface area contributed by atoms with Gasteiger partial charge in [0.05, 0.1) is 29.8 Å². The Kier molecular flexibility index (Phi) is 4.85. The average Bonchev–Trinajstić information content (AvgIpc) is 3.37. The van der Waals surface area contributed by atoms with Crippen molar-refractivity contribution in [1.29, 1.82) is 0 Å². The Balaban J connectivity index is 1.87. The first-order valence-electron chi connectivity index (χ1n) is 9.66. The monoisotopic (exact) mass is 364 g/mol. The van der Waals surface area contributed by atoms with Crippen LogP contribution in [0, 0.1) is 5.92 Å². The molecule has 142 valence electrons. The van der Waals surface area contributed by atoms with Crippen molar-refractivity contribution >= 4 is 0 Å². The van der Waals surface area contributed by atoms with Crippen LogP contribution in [0.4, 0.5) is 0 Å². The number of hydrogen-bond acceptors (Lipinski definition) is 4. The van der Waals surface area contributed by atoms with Crippen molar-refractivity contribution < 1.29 is 0 Å². The molecule has 1 saturated heterocycles. The van der Waals surface area contributed by atoms with Crippen molar-refractivity contribution in [2.24, 2.45) is 13.0 Å². The maximum Gasteiger partial charge on any atom is 0.131 e. The lowest BCUT2D eigenvalue weighted by molar-refractivity contribution is 0.386. The Morgan fingerprint density at radius 2 is 1.89 bits per heavy atom. The zero-order chi connectivity index (χ0) is 19.0. The second-order valence-electron chi connectivity index (χ2n) is 7.81. The SMILES string of the molecule is CC1CC(c2c(-c3ccccc3)ncn2C(c2nccn2C)C(C)C)NN1. The van der Waals surface area contributed by atoms with E-state index in [0.717, 1.165) is 23.5 Å². The summed E-state index contributed by atoms with van der Waals surface area (Å²) >= 11 is 0. The molecule has 6 heteroatoms. The summed E-state index contributed by atoms with van der Waals surface area (Å²) in [7, 11) is 2.06. The third-order valence-corrected chi connectivity index (χ3v) is 5.36. The van der Waals surface area contributed by atoms with Crippen LogP contribution >= 0.6 is 0 Å². The van der Waals surface area contributed by atoms with Gasteiger partial charge in [0.1, 0.15) is 5.82 Å². The molecule has 1 aliphatic heterocycles. The van der Waals surface area contributed by atoms with Crippen LogP contribution in [0.5, 0.6) is 0 Å². The molecule has 3 aromatic rings. The molecular formula is C21H28N6. The Morgan fingerprint density at radius 1 is 1.11 bits per heavy atom. The zero-order valence-corrected chi connectivity index (χ0v) is 16.4. The molecule has 3 heterocycles. The smallest absolute Gasteiger partial charge is 0.131 e. The first kappa shape index (κ1) is 17.9. The van der Waals surface area contributed by atoms with Gasteiger partial charge in [0.15, 0.2) is 0 Å². The number of hydrogen-bond donors (Lipinski definition) is 2. The standard InChI is InChI=1S/C21H28N6/c1-14(2)19(21-22-10-11-26(21)4)27-13-23-18(16-8-6-5-7-9-16)20(27)17-12-15(3)24-25-17/h5-11,13-15,17,19,24-25H,12H2,1-4H3. The molecule has 0 bridgehead atoms. The van der Waals surface area contributed by atoms with Crippen LogP contribution in [0.15, 0.2) is 49.1 Å². The first-order valence-corrected chi connectivity index (χ1v) is 9.66.